The molecule has 24 heavy (non-hydrogen) atoms. The number of ether oxygens (including phenoxy) is 1. The van der Waals surface area contributed by atoms with Gasteiger partial charge in [-0.1, -0.05) is 51.2 Å². The van der Waals surface area contributed by atoms with Crippen LogP contribution in [-0.4, -0.2) is 24.3 Å². The van der Waals surface area contributed by atoms with Crippen LogP contribution >= 0.6 is 0 Å². The maximum absolute atomic E-state index is 10.9. The van der Waals surface area contributed by atoms with E-state index in [2.05, 4.69) is 29.6 Å². The number of carbonyl (C=O) groups is 1. The predicted octanol–water partition coefficient (Wildman–Crippen LogP) is 5.17. The molecule has 0 aromatic carbocycles. The topological polar surface area (TPSA) is 46.5 Å². The van der Waals surface area contributed by atoms with Gasteiger partial charge in [-0.05, 0) is 32.1 Å². The van der Waals surface area contributed by atoms with Crippen molar-refractivity contribution in [3.63, 3.8) is 0 Å². The van der Waals surface area contributed by atoms with Gasteiger partial charge in [0.25, 0.3) is 0 Å². The van der Waals surface area contributed by atoms with Crippen molar-refractivity contribution in [2.75, 3.05) is 7.11 Å². The van der Waals surface area contributed by atoms with Crippen LogP contribution in [0.15, 0.2) is 12.2 Å². The van der Waals surface area contributed by atoms with Crippen LogP contribution in [0, 0.1) is 11.8 Å². The summed E-state index contributed by atoms with van der Waals surface area (Å²) in [6, 6.07) is 0. The fourth-order valence-corrected chi connectivity index (χ4v) is 2.37. The number of methoxy groups -OCH3 is 1. The molecule has 0 aromatic rings. The first-order chi connectivity index (χ1) is 11.7. The molecule has 1 atom stereocenters. The molecule has 0 rings (SSSR count). The molecule has 0 unspecified atom stereocenters. The third-order valence-corrected chi connectivity index (χ3v) is 3.92. The maximum Gasteiger partial charge on any atom is 0.305 e. The average molecular weight is 337 g/mol. The van der Waals surface area contributed by atoms with Crippen molar-refractivity contribution in [3.05, 3.63) is 12.2 Å². The van der Waals surface area contributed by atoms with E-state index in [1.54, 1.807) is 0 Å². The van der Waals surface area contributed by atoms with E-state index in [0.717, 1.165) is 51.4 Å². The molecule has 3 heteroatoms. The van der Waals surface area contributed by atoms with Gasteiger partial charge in [-0.3, -0.25) is 4.79 Å². The Labute approximate surface area is 148 Å². The van der Waals surface area contributed by atoms with Crippen LogP contribution in [-0.2, 0) is 9.53 Å². The predicted molar refractivity (Wildman–Crippen MR) is 101 cm³/mol. The van der Waals surface area contributed by atoms with Crippen molar-refractivity contribution < 1.29 is 14.6 Å². The SMILES string of the molecule is CCCC[C@@H](O)/C=C\CCCCCCCC#CCCCC(=O)OC. The number of carbonyl (C=O) groups excluding carboxylic acids is 1. The van der Waals surface area contributed by atoms with E-state index >= 15 is 0 Å². The van der Waals surface area contributed by atoms with Crippen LogP contribution < -0.4 is 0 Å². The third kappa shape index (κ3) is 17.1. The Hall–Kier alpha value is -1.27. The van der Waals surface area contributed by atoms with Gasteiger partial charge in [0.2, 0.25) is 0 Å². The molecule has 0 saturated heterocycles. The van der Waals surface area contributed by atoms with E-state index in [1.165, 1.54) is 32.8 Å². The summed E-state index contributed by atoms with van der Waals surface area (Å²) in [5.74, 6) is 6.14. The number of unbranched alkanes of at least 4 members (excludes halogenated alkanes) is 8. The first-order valence-corrected chi connectivity index (χ1v) is 9.58. The highest BCUT2D eigenvalue weighted by Crippen LogP contribution is 2.08. The number of allylic oxidation sites excluding steroid dienone is 1. The fraction of sp³-hybridized carbons (Fsp3) is 0.762. The highest BCUT2D eigenvalue weighted by Gasteiger charge is 1.97. The Morgan fingerprint density at radius 2 is 1.71 bits per heavy atom. The lowest BCUT2D eigenvalue weighted by molar-refractivity contribution is -0.140. The maximum atomic E-state index is 10.9. The molecule has 0 aliphatic heterocycles. The molecule has 138 valence electrons. The average Bonchev–Trinajstić information content (AvgIpc) is 2.59. The monoisotopic (exact) mass is 336 g/mol. The van der Waals surface area contributed by atoms with E-state index < -0.39 is 0 Å². The molecule has 0 aliphatic carbocycles. The van der Waals surface area contributed by atoms with E-state index in [4.69, 9.17) is 0 Å². The Balaban J connectivity index is 3.31. The number of aliphatic hydroxyl groups is 1. The lowest BCUT2D eigenvalue weighted by atomic mass is 10.1. The van der Waals surface area contributed by atoms with Gasteiger partial charge in [-0.25, -0.2) is 0 Å². The second-order valence-electron chi connectivity index (χ2n) is 6.23. The van der Waals surface area contributed by atoms with Gasteiger partial charge in [-0.2, -0.15) is 0 Å². The summed E-state index contributed by atoms with van der Waals surface area (Å²) in [5, 5.41) is 9.67. The third-order valence-electron chi connectivity index (χ3n) is 3.92. The van der Waals surface area contributed by atoms with Crippen molar-refractivity contribution in [3.8, 4) is 11.8 Å². The molecule has 0 aliphatic rings. The molecule has 0 amide bonds. The zero-order valence-electron chi connectivity index (χ0n) is 15.7. The Morgan fingerprint density at radius 1 is 1.04 bits per heavy atom. The summed E-state index contributed by atoms with van der Waals surface area (Å²) in [6.45, 7) is 2.15. The van der Waals surface area contributed by atoms with Gasteiger partial charge in [-0.15, -0.1) is 11.8 Å². The molecule has 0 saturated carbocycles. The van der Waals surface area contributed by atoms with Crippen molar-refractivity contribution in [2.24, 2.45) is 0 Å². The number of hydrogen-bond donors (Lipinski definition) is 1. The lowest BCUT2D eigenvalue weighted by Gasteiger charge is -2.03. The zero-order valence-corrected chi connectivity index (χ0v) is 15.7. The fourth-order valence-electron chi connectivity index (χ4n) is 2.37. The molecule has 0 fully saturated rings. The van der Waals surface area contributed by atoms with Crippen LogP contribution in [0.25, 0.3) is 0 Å². The number of aliphatic hydroxyl groups excluding tert-OH is 1. The van der Waals surface area contributed by atoms with Crippen LogP contribution in [0.4, 0.5) is 0 Å². The minimum atomic E-state index is -0.254. The van der Waals surface area contributed by atoms with Crippen LogP contribution in [0.3, 0.4) is 0 Å². The minimum absolute atomic E-state index is 0.151. The first kappa shape index (κ1) is 22.7. The molecule has 0 heterocycles. The number of hydrogen-bond acceptors (Lipinski definition) is 3. The second kappa shape index (κ2) is 18.1. The molecule has 1 N–H and O–H groups in total. The first-order valence-electron chi connectivity index (χ1n) is 9.58. The van der Waals surface area contributed by atoms with Gasteiger partial charge >= 0.3 is 5.97 Å². The van der Waals surface area contributed by atoms with Crippen LogP contribution in [0.5, 0.6) is 0 Å². The van der Waals surface area contributed by atoms with Crippen molar-refractivity contribution in [2.45, 2.75) is 96.5 Å². The molecule has 0 spiro atoms. The zero-order chi connectivity index (χ0) is 17.9. The normalized spacial score (nSPS) is 12.0. The Morgan fingerprint density at radius 3 is 2.42 bits per heavy atom. The summed E-state index contributed by atoms with van der Waals surface area (Å²) in [6.07, 6.45) is 17.1. The molecule has 3 nitrogen and oxygen atoms in total. The highest BCUT2D eigenvalue weighted by molar-refractivity contribution is 5.69. The summed E-state index contributed by atoms with van der Waals surface area (Å²) >= 11 is 0. The molecule has 0 aromatic heterocycles. The van der Waals surface area contributed by atoms with E-state index in [1.807, 2.05) is 6.08 Å². The smallest absolute Gasteiger partial charge is 0.305 e. The molecule has 0 radical (unpaired) electrons. The molecular weight excluding hydrogens is 300 g/mol. The highest BCUT2D eigenvalue weighted by atomic mass is 16.5. The standard InChI is InChI=1S/C21H36O3/c1-3-4-17-20(22)18-15-13-11-9-7-5-6-8-10-12-14-16-19-21(23)24-2/h15,18,20,22H,3-9,11,13-14,16-17,19H2,1-2H3/b18-15-/t20-/m1/s1. The van der Waals surface area contributed by atoms with E-state index in [0.29, 0.717) is 6.42 Å². The summed E-state index contributed by atoms with van der Waals surface area (Å²) in [7, 11) is 1.42. The largest absolute Gasteiger partial charge is 0.469 e. The minimum Gasteiger partial charge on any atom is -0.469 e. The van der Waals surface area contributed by atoms with Crippen LogP contribution in [0.2, 0.25) is 0 Å². The molecular formula is C21H36O3. The number of rotatable bonds is 14. The number of esters is 1. The van der Waals surface area contributed by atoms with Gasteiger partial charge in [0.05, 0.1) is 13.2 Å². The summed E-state index contributed by atoms with van der Waals surface area (Å²) < 4.78 is 4.58. The quantitative estimate of drug-likeness (QED) is 0.206. The van der Waals surface area contributed by atoms with Crippen molar-refractivity contribution >= 4 is 5.97 Å². The van der Waals surface area contributed by atoms with E-state index in [-0.39, 0.29) is 12.1 Å². The van der Waals surface area contributed by atoms with Gasteiger partial charge < -0.3 is 9.84 Å². The van der Waals surface area contributed by atoms with Gasteiger partial charge in [0.1, 0.15) is 0 Å². The van der Waals surface area contributed by atoms with Crippen molar-refractivity contribution in [1.82, 2.24) is 0 Å². The summed E-state index contributed by atoms with van der Waals surface area (Å²) in [4.78, 5) is 10.9. The van der Waals surface area contributed by atoms with E-state index in [9.17, 15) is 9.90 Å². The van der Waals surface area contributed by atoms with Gasteiger partial charge in [0, 0.05) is 19.3 Å². The molecule has 0 bridgehead atoms. The van der Waals surface area contributed by atoms with Gasteiger partial charge in [0.15, 0.2) is 0 Å². The van der Waals surface area contributed by atoms with Crippen LogP contribution in [0.1, 0.15) is 90.4 Å². The lowest BCUT2D eigenvalue weighted by Crippen LogP contribution is -2.00. The second-order valence-corrected chi connectivity index (χ2v) is 6.23. The Bertz CT molecular complexity index is 376. The summed E-state index contributed by atoms with van der Waals surface area (Å²) in [5.41, 5.74) is 0. The Kier molecular flexibility index (Phi) is 17.1. The van der Waals surface area contributed by atoms with Crippen molar-refractivity contribution in [1.29, 1.82) is 0 Å².